The Bertz CT molecular complexity index is 177. The Morgan fingerprint density at radius 1 is 1.36 bits per heavy atom. The van der Waals surface area contributed by atoms with Gasteiger partial charge in [-0.15, -0.1) is 0 Å². The quantitative estimate of drug-likeness (QED) is 0.604. The first-order chi connectivity index (χ1) is 5.38. The van der Waals surface area contributed by atoms with Crippen molar-refractivity contribution in [3.8, 4) is 0 Å². The summed E-state index contributed by atoms with van der Waals surface area (Å²) < 4.78 is 5.33. The predicted molar refractivity (Wildman–Crippen MR) is 47.6 cm³/mol. The topological polar surface area (TPSA) is 9.23 Å². The molecule has 1 aliphatic rings. The molecule has 0 amide bonds. The fourth-order valence-corrected chi connectivity index (χ4v) is 1.23. The molecule has 0 saturated heterocycles. The molecule has 0 radical (unpaired) electrons. The number of hydrogen-bond donors (Lipinski definition) is 0. The molecule has 1 nitrogen and oxygen atoms in total. The Kier molecular flexibility index (Phi) is 3.37. The van der Waals surface area contributed by atoms with Gasteiger partial charge in [-0.2, -0.15) is 0 Å². The molecule has 0 fully saturated rings. The summed E-state index contributed by atoms with van der Waals surface area (Å²) in [5, 5.41) is 0. The molecule has 0 aromatic rings. The van der Waals surface area contributed by atoms with Crippen LogP contribution < -0.4 is 0 Å². The minimum Gasteiger partial charge on any atom is -0.372 e. The van der Waals surface area contributed by atoms with E-state index in [9.17, 15) is 0 Å². The van der Waals surface area contributed by atoms with E-state index >= 15 is 0 Å². The molecule has 0 unspecified atom stereocenters. The molecule has 62 valence electrons. The zero-order valence-corrected chi connectivity index (χ0v) is 7.39. The third kappa shape index (κ3) is 2.19. The van der Waals surface area contributed by atoms with E-state index in [0.717, 1.165) is 26.1 Å². The van der Waals surface area contributed by atoms with Crippen molar-refractivity contribution in [1.29, 1.82) is 0 Å². The lowest BCUT2D eigenvalue weighted by Crippen LogP contribution is -1.83. The van der Waals surface area contributed by atoms with E-state index in [1.807, 2.05) is 0 Å². The van der Waals surface area contributed by atoms with E-state index in [1.54, 1.807) is 0 Å². The van der Waals surface area contributed by atoms with Crippen molar-refractivity contribution in [2.24, 2.45) is 0 Å². The molecule has 0 spiro atoms. The Morgan fingerprint density at radius 3 is 2.82 bits per heavy atom. The number of allylic oxidation sites excluding steroid dienone is 1. The lowest BCUT2D eigenvalue weighted by molar-refractivity contribution is 0.204. The van der Waals surface area contributed by atoms with Crippen LogP contribution in [0, 0.1) is 0 Å². The molecule has 0 saturated carbocycles. The molecule has 1 aliphatic heterocycles. The molecule has 0 bridgehead atoms. The van der Waals surface area contributed by atoms with E-state index in [1.165, 1.54) is 11.1 Å². The Labute approximate surface area is 68.8 Å². The van der Waals surface area contributed by atoms with Crippen molar-refractivity contribution in [1.82, 2.24) is 0 Å². The van der Waals surface area contributed by atoms with Crippen molar-refractivity contribution in [3.05, 3.63) is 23.3 Å². The summed E-state index contributed by atoms with van der Waals surface area (Å²) in [6, 6.07) is 0. The summed E-state index contributed by atoms with van der Waals surface area (Å²) in [6.07, 6.45) is 6.63. The molecule has 0 aromatic heterocycles. The normalized spacial score (nSPS) is 18.7. The summed E-state index contributed by atoms with van der Waals surface area (Å²) in [5.41, 5.74) is 2.86. The van der Waals surface area contributed by atoms with Crippen molar-refractivity contribution >= 4 is 0 Å². The van der Waals surface area contributed by atoms with Crippen molar-refractivity contribution < 1.29 is 4.74 Å². The first kappa shape index (κ1) is 8.54. The van der Waals surface area contributed by atoms with Crippen LogP contribution in [0.3, 0.4) is 0 Å². The van der Waals surface area contributed by atoms with E-state index in [0.29, 0.717) is 0 Å². The zero-order chi connectivity index (χ0) is 8.10. The standard InChI is InChI=1S/C10H16O/c1-3-5-6-10-8-11-7-9(10)4-2/h5-6H,3-4,7-8H2,1-2H3. The molecule has 1 heteroatoms. The van der Waals surface area contributed by atoms with Gasteiger partial charge in [0.1, 0.15) is 0 Å². The fourth-order valence-electron chi connectivity index (χ4n) is 1.23. The monoisotopic (exact) mass is 152 g/mol. The molecule has 0 N–H and O–H groups in total. The fraction of sp³-hybridized carbons (Fsp3) is 0.600. The smallest absolute Gasteiger partial charge is 0.0721 e. The summed E-state index contributed by atoms with van der Waals surface area (Å²) in [7, 11) is 0. The van der Waals surface area contributed by atoms with Gasteiger partial charge in [-0.05, 0) is 24.0 Å². The number of hydrogen-bond acceptors (Lipinski definition) is 1. The Balaban J connectivity index is 2.59. The first-order valence-electron chi connectivity index (χ1n) is 4.33. The van der Waals surface area contributed by atoms with Gasteiger partial charge in [0.15, 0.2) is 0 Å². The second-order valence-electron chi connectivity index (χ2n) is 2.79. The molecular formula is C10H16O. The zero-order valence-electron chi connectivity index (χ0n) is 7.39. The van der Waals surface area contributed by atoms with Gasteiger partial charge < -0.3 is 4.74 Å². The molecule has 11 heavy (non-hydrogen) atoms. The maximum Gasteiger partial charge on any atom is 0.0721 e. The lowest BCUT2D eigenvalue weighted by atomic mass is 10.1. The highest BCUT2D eigenvalue weighted by atomic mass is 16.5. The SMILES string of the molecule is CCC=CC1=C(CC)COC1. The van der Waals surface area contributed by atoms with Gasteiger partial charge in [-0.1, -0.05) is 26.0 Å². The van der Waals surface area contributed by atoms with E-state index < -0.39 is 0 Å². The third-order valence-corrected chi connectivity index (χ3v) is 1.97. The average molecular weight is 152 g/mol. The Hall–Kier alpha value is -0.560. The van der Waals surface area contributed by atoms with Crippen molar-refractivity contribution in [2.75, 3.05) is 13.2 Å². The largest absolute Gasteiger partial charge is 0.372 e. The van der Waals surface area contributed by atoms with Crippen LogP contribution in [0.5, 0.6) is 0 Å². The summed E-state index contributed by atoms with van der Waals surface area (Å²) in [6.45, 7) is 6.00. The van der Waals surface area contributed by atoms with Gasteiger partial charge in [0.05, 0.1) is 13.2 Å². The first-order valence-corrected chi connectivity index (χ1v) is 4.33. The van der Waals surface area contributed by atoms with Crippen LogP contribution in [-0.2, 0) is 4.74 Å². The van der Waals surface area contributed by atoms with E-state index in [-0.39, 0.29) is 0 Å². The van der Waals surface area contributed by atoms with Crippen LogP contribution in [0.2, 0.25) is 0 Å². The average Bonchev–Trinajstić information content (AvgIpc) is 2.47. The van der Waals surface area contributed by atoms with E-state index in [2.05, 4.69) is 26.0 Å². The molecule has 1 rings (SSSR count). The highest BCUT2D eigenvalue weighted by Crippen LogP contribution is 2.17. The lowest BCUT2D eigenvalue weighted by Gasteiger charge is -1.94. The predicted octanol–water partition coefficient (Wildman–Crippen LogP) is 2.69. The van der Waals surface area contributed by atoms with Gasteiger partial charge in [-0.25, -0.2) is 0 Å². The van der Waals surface area contributed by atoms with Crippen LogP contribution >= 0.6 is 0 Å². The van der Waals surface area contributed by atoms with Gasteiger partial charge in [0, 0.05) is 0 Å². The van der Waals surface area contributed by atoms with Gasteiger partial charge in [-0.3, -0.25) is 0 Å². The van der Waals surface area contributed by atoms with Crippen LogP contribution in [0.25, 0.3) is 0 Å². The summed E-state index contributed by atoms with van der Waals surface area (Å²) >= 11 is 0. The van der Waals surface area contributed by atoms with Crippen LogP contribution in [0.15, 0.2) is 23.3 Å². The van der Waals surface area contributed by atoms with Crippen LogP contribution in [0.4, 0.5) is 0 Å². The van der Waals surface area contributed by atoms with Crippen LogP contribution in [0.1, 0.15) is 26.7 Å². The minimum absolute atomic E-state index is 0.819. The second-order valence-corrected chi connectivity index (χ2v) is 2.79. The third-order valence-electron chi connectivity index (χ3n) is 1.97. The highest BCUT2D eigenvalue weighted by molar-refractivity contribution is 5.29. The molecule has 1 heterocycles. The van der Waals surface area contributed by atoms with Crippen molar-refractivity contribution in [3.63, 3.8) is 0 Å². The molecular weight excluding hydrogens is 136 g/mol. The number of ether oxygens (including phenoxy) is 1. The maximum atomic E-state index is 5.33. The second kappa shape index (κ2) is 4.35. The van der Waals surface area contributed by atoms with Crippen LogP contribution in [-0.4, -0.2) is 13.2 Å². The summed E-state index contributed by atoms with van der Waals surface area (Å²) in [5.74, 6) is 0. The van der Waals surface area contributed by atoms with Crippen molar-refractivity contribution in [2.45, 2.75) is 26.7 Å². The van der Waals surface area contributed by atoms with Gasteiger partial charge >= 0.3 is 0 Å². The molecule has 0 atom stereocenters. The number of rotatable bonds is 3. The van der Waals surface area contributed by atoms with Gasteiger partial charge in [0.2, 0.25) is 0 Å². The van der Waals surface area contributed by atoms with Gasteiger partial charge in [0.25, 0.3) is 0 Å². The molecule has 0 aliphatic carbocycles. The Morgan fingerprint density at radius 2 is 2.18 bits per heavy atom. The highest BCUT2D eigenvalue weighted by Gasteiger charge is 2.09. The minimum atomic E-state index is 0.819. The summed E-state index contributed by atoms with van der Waals surface area (Å²) in [4.78, 5) is 0. The maximum absolute atomic E-state index is 5.33. The molecule has 0 aromatic carbocycles. The van der Waals surface area contributed by atoms with E-state index in [4.69, 9.17) is 4.74 Å².